The lowest BCUT2D eigenvalue weighted by Gasteiger charge is -2.26. The standard InChI is InChI=1S/C13H26N2/c1-10(14)11-5-7-15(9-11)12-4-6-13(2,3)8-12/h10-12H,4-9,14H2,1-3H3. The molecule has 3 unspecified atom stereocenters. The quantitative estimate of drug-likeness (QED) is 0.757. The fourth-order valence-corrected chi connectivity index (χ4v) is 3.29. The molecule has 1 saturated carbocycles. The van der Waals surface area contributed by atoms with Crippen molar-refractivity contribution in [1.82, 2.24) is 4.90 Å². The average molecular weight is 210 g/mol. The van der Waals surface area contributed by atoms with Gasteiger partial charge in [0, 0.05) is 18.6 Å². The Labute approximate surface area is 94.2 Å². The van der Waals surface area contributed by atoms with Crippen molar-refractivity contribution in [3.8, 4) is 0 Å². The van der Waals surface area contributed by atoms with E-state index >= 15 is 0 Å². The SMILES string of the molecule is CC(N)C1CCN(C2CCC(C)(C)C2)C1. The lowest BCUT2D eigenvalue weighted by Crippen LogP contribution is -2.35. The first kappa shape index (κ1) is 11.4. The summed E-state index contributed by atoms with van der Waals surface area (Å²) in [5, 5.41) is 0. The van der Waals surface area contributed by atoms with Crippen LogP contribution in [0.1, 0.15) is 46.5 Å². The summed E-state index contributed by atoms with van der Waals surface area (Å²) in [7, 11) is 0. The van der Waals surface area contributed by atoms with Gasteiger partial charge in [-0.05, 0) is 50.5 Å². The molecular formula is C13H26N2. The normalized spacial score (nSPS) is 38.4. The summed E-state index contributed by atoms with van der Waals surface area (Å²) in [5.41, 5.74) is 6.57. The predicted molar refractivity (Wildman–Crippen MR) is 64.7 cm³/mol. The van der Waals surface area contributed by atoms with Gasteiger partial charge in [0.05, 0.1) is 0 Å². The highest BCUT2D eigenvalue weighted by Crippen LogP contribution is 2.40. The molecule has 0 aromatic rings. The maximum atomic E-state index is 5.99. The van der Waals surface area contributed by atoms with Gasteiger partial charge in [0.2, 0.25) is 0 Å². The summed E-state index contributed by atoms with van der Waals surface area (Å²) in [6.07, 6.45) is 5.50. The van der Waals surface area contributed by atoms with Crippen molar-refractivity contribution in [1.29, 1.82) is 0 Å². The Kier molecular flexibility index (Phi) is 3.09. The van der Waals surface area contributed by atoms with Crippen LogP contribution in [-0.2, 0) is 0 Å². The average Bonchev–Trinajstić information content (AvgIpc) is 2.70. The summed E-state index contributed by atoms with van der Waals surface area (Å²) in [6, 6.07) is 1.23. The Morgan fingerprint density at radius 1 is 1.33 bits per heavy atom. The Balaban J connectivity index is 1.87. The van der Waals surface area contributed by atoms with Gasteiger partial charge in [-0.25, -0.2) is 0 Å². The number of nitrogens with zero attached hydrogens (tertiary/aromatic N) is 1. The number of hydrogen-bond acceptors (Lipinski definition) is 2. The van der Waals surface area contributed by atoms with E-state index in [1.54, 1.807) is 0 Å². The second kappa shape index (κ2) is 4.06. The van der Waals surface area contributed by atoms with Crippen LogP contribution in [0.5, 0.6) is 0 Å². The Morgan fingerprint density at radius 2 is 2.07 bits per heavy atom. The molecule has 88 valence electrons. The molecule has 0 spiro atoms. The molecule has 0 aromatic carbocycles. The smallest absolute Gasteiger partial charge is 0.0101 e. The minimum Gasteiger partial charge on any atom is -0.328 e. The van der Waals surface area contributed by atoms with Crippen LogP contribution in [0.15, 0.2) is 0 Å². The highest BCUT2D eigenvalue weighted by atomic mass is 15.2. The van der Waals surface area contributed by atoms with Gasteiger partial charge in [0.25, 0.3) is 0 Å². The summed E-state index contributed by atoms with van der Waals surface area (Å²) in [5.74, 6) is 0.744. The molecule has 2 nitrogen and oxygen atoms in total. The van der Waals surface area contributed by atoms with Crippen molar-refractivity contribution in [3.05, 3.63) is 0 Å². The molecule has 1 heterocycles. The predicted octanol–water partition coefficient (Wildman–Crippen LogP) is 2.23. The molecule has 2 fully saturated rings. The second-order valence-electron chi connectivity index (χ2n) is 6.46. The highest BCUT2D eigenvalue weighted by Gasteiger charge is 2.37. The van der Waals surface area contributed by atoms with Gasteiger partial charge in [0.15, 0.2) is 0 Å². The van der Waals surface area contributed by atoms with Gasteiger partial charge in [-0.15, -0.1) is 0 Å². The first-order chi connectivity index (χ1) is 6.98. The van der Waals surface area contributed by atoms with Gasteiger partial charge >= 0.3 is 0 Å². The van der Waals surface area contributed by atoms with Crippen molar-refractivity contribution in [2.45, 2.75) is 58.5 Å². The van der Waals surface area contributed by atoms with Crippen LogP contribution in [0.3, 0.4) is 0 Å². The zero-order chi connectivity index (χ0) is 11.1. The van der Waals surface area contributed by atoms with E-state index in [2.05, 4.69) is 25.7 Å². The fourth-order valence-electron chi connectivity index (χ4n) is 3.29. The number of rotatable bonds is 2. The summed E-state index contributed by atoms with van der Waals surface area (Å²) in [6.45, 7) is 9.51. The van der Waals surface area contributed by atoms with Crippen LogP contribution < -0.4 is 5.73 Å². The van der Waals surface area contributed by atoms with Gasteiger partial charge in [-0.2, -0.15) is 0 Å². The van der Waals surface area contributed by atoms with E-state index in [-0.39, 0.29) is 0 Å². The van der Waals surface area contributed by atoms with Crippen molar-refractivity contribution in [2.24, 2.45) is 17.1 Å². The Morgan fingerprint density at radius 3 is 2.53 bits per heavy atom. The summed E-state index contributed by atoms with van der Waals surface area (Å²) >= 11 is 0. The minimum absolute atomic E-state index is 0.379. The molecule has 2 N–H and O–H groups in total. The molecule has 0 radical (unpaired) electrons. The number of hydrogen-bond donors (Lipinski definition) is 1. The zero-order valence-corrected chi connectivity index (χ0v) is 10.5. The van der Waals surface area contributed by atoms with Crippen LogP contribution in [0.2, 0.25) is 0 Å². The van der Waals surface area contributed by atoms with E-state index in [4.69, 9.17) is 5.73 Å². The lowest BCUT2D eigenvalue weighted by atomic mass is 9.91. The Hall–Kier alpha value is -0.0800. The number of nitrogens with two attached hydrogens (primary N) is 1. The van der Waals surface area contributed by atoms with E-state index < -0.39 is 0 Å². The number of likely N-dealkylation sites (tertiary alicyclic amines) is 1. The molecule has 2 heteroatoms. The van der Waals surface area contributed by atoms with Crippen molar-refractivity contribution >= 4 is 0 Å². The lowest BCUT2D eigenvalue weighted by molar-refractivity contribution is 0.217. The second-order valence-corrected chi connectivity index (χ2v) is 6.46. The molecular weight excluding hydrogens is 184 g/mol. The molecule has 0 aromatic heterocycles. The molecule has 0 bridgehead atoms. The topological polar surface area (TPSA) is 29.3 Å². The molecule has 15 heavy (non-hydrogen) atoms. The first-order valence-corrected chi connectivity index (χ1v) is 6.47. The van der Waals surface area contributed by atoms with E-state index in [1.807, 2.05) is 0 Å². The van der Waals surface area contributed by atoms with Gasteiger partial charge < -0.3 is 10.6 Å². The molecule has 3 atom stereocenters. The van der Waals surface area contributed by atoms with E-state index in [1.165, 1.54) is 38.8 Å². The van der Waals surface area contributed by atoms with Crippen molar-refractivity contribution in [3.63, 3.8) is 0 Å². The largest absolute Gasteiger partial charge is 0.328 e. The van der Waals surface area contributed by atoms with Crippen LogP contribution in [0.25, 0.3) is 0 Å². The monoisotopic (exact) mass is 210 g/mol. The third kappa shape index (κ3) is 2.54. The third-order valence-corrected chi connectivity index (χ3v) is 4.46. The molecule has 2 aliphatic rings. The van der Waals surface area contributed by atoms with Crippen molar-refractivity contribution in [2.75, 3.05) is 13.1 Å². The summed E-state index contributed by atoms with van der Waals surface area (Å²) in [4.78, 5) is 2.70. The summed E-state index contributed by atoms with van der Waals surface area (Å²) < 4.78 is 0. The van der Waals surface area contributed by atoms with E-state index in [9.17, 15) is 0 Å². The van der Waals surface area contributed by atoms with Crippen LogP contribution in [-0.4, -0.2) is 30.1 Å². The molecule has 1 aliphatic heterocycles. The van der Waals surface area contributed by atoms with Gasteiger partial charge in [-0.1, -0.05) is 13.8 Å². The van der Waals surface area contributed by atoms with Crippen LogP contribution in [0.4, 0.5) is 0 Å². The molecule has 1 aliphatic carbocycles. The maximum Gasteiger partial charge on any atom is 0.0101 e. The van der Waals surface area contributed by atoms with Crippen molar-refractivity contribution < 1.29 is 0 Å². The molecule has 2 rings (SSSR count). The van der Waals surface area contributed by atoms with Crippen LogP contribution >= 0.6 is 0 Å². The Bertz CT molecular complexity index is 223. The van der Waals surface area contributed by atoms with E-state index in [0.29, 0.717) is 11.5 Å². The zero-order valence-electron chi connectivity index (χ0n) is 10.5. The molecule has 0 amide bonds. The van der Waals surface area contributed by atoms with Gasteiger partial charge in [-0.3, -0.25) is 0 Å². The fraction of sp³-hybridized carbons (Fsp3) is 1.00. The van der Waals surface area contributed by atoms with E-state index in [0.717, 1.165) is 12.0 Å². The van der Waals surface area contributed by atoms with Gasteiger partial charge in [0.1, 0.15) is 0 Å². The molecule has 1 saturated heterocycles. The minimum atomic E-state index is 0.379. The third-order valence-electron chi connectivity index (χ3n) is 4.46. The maximum absolute atomic E-state index is 5.99. The first-order valence-electron chi connectivity index (χ1n) is 6.47. The van der Waals surface area contributed by atoms with Crippen LogP contribution in [0, 0.1) is 11.3 Å². The highest BCUT2D eigenvalue weighted by molar-refractivity contribution is 4.92.